The van der Waals surface area contributed by atoms with Gasteiger partial charge in [0, 0.05) is 37.5 Å². The van der Waals surface area contributed by atoms with Crippen molar-refractivity contribution < 1.29 is 19.8 Å². The van der Waals surface area contributed by atoms with Gasteiger partial charge in [0.15, 0.2) is 0 Å². The van der Waals surface area contributed by atoms with Crippen LogP contribution in [0.25, 0.3) is 0 Å². The van der Waals surface area contributed by atoms with Crippen LogP contribution in [-0.2, 0) is 19.5 Å². The number of nitrogens with zero attached hydrogens (tertiary/aromatic N) is 2. The molecule has 0 aliphatic rings. The van der Waals surface area contributed by atoms with Gasteiger partial charge in [0.1, 0.15) is 5.75 Å². The molecule has 4 N–H and O–H groups in total. The fourth-order valence-electron chi connectivity index (χ4n) is 4.64. The molecule has 0 saturated heterocycles. The molecule has 4 rings (SSSR count). The second-order valence-corrected chi connectivity index (χ2v) is 10.2. The number of hydrogen-bond donors (Lipinski definition) is 4. The SMILES string of the molecule is Cc1cc(C(=O)N[C@@H](Cc2ccccc2)[C@H](O)CNCc2cccc(O)c2)cc(C(=O)N(C)Cc2ccccn2)c1. The van der Waals surface area contributed by atoms with E-state index in [1.54, 1.807) is 54.5 Å². The van der Waals surface area contributed by atoms with Gasteiger partial charge < -0.3 is 25.7 Å². The number of carbonyl (C=O) groups is 2. The zero-order valence-electron chi connectivity index (χ0n) is 23.3. The maximum atomic E-state index is 13.5. The van der Waals surface area contributed by atoms with E-state index in [9.17, 15) is 19.8 Å². The van der Waals surface area contributed by atoms with Gasteiger partial charge in [-0.3, -0.25) is 14.6 Å². The molecule has 41 heavy (non-hydrogen) atoms. The fourth-order valence-corrected chi connectivity index (χ4v) is 4.64. The second-order valence-electron chi connectivity index (χ2n) is 10.2. The molecule has 8 nitrogen and oxygen atoms in total. The minimum Gasteiger partial charge on any atom is -0.508 e. The summed E-state index contributed by atoms with van der Waals surface area (Å²) in [4.78, 5) is 32.5. The number of rotatable bonds is 12. The molecule has 0 bridgehead atoms. The summed E-state index contributed by atoms with van der Waals surface area (Å²) in [5.74, 6) is -0.411. The van der Waals surface area contributed by atoms with E-state index in [1.807, 2.05) is 61.5 Å². The van der Waals surface area contributed by atoms with Crippen LogP contribution in [0.15, 0.2) is 97.2 Å². The Morgan fingerprint density at radius 1 is 0.902 bits per heavy atom. The van der Waals surface area contributed by atoms with E-state index in [0.717, 1.165) is 22.4 Å². The Labute approximate surface area is 240 Å². The van der Waals surface area contributed by atoms with Crippen molar-refractivity contribution >= 4 is 11.8 Å². The van der Waals surface area contributed by atoms with Gasteiger partial charge in [-0.15, -0.1) is 0 Å². The smallest absolute Gasteiger partial charge is 0.253 e. The van der Waals surface area contributed by atoms with Crippen molar-refractivity contribution in [3.8, 4) is 5.75 Å². The summed E-state index contributed by atoms with van der Waals surface area (Å²) >= 11 is 0. The van der Waals surface area contributed by atoms with Crippen LogP contribution >= 0.6 is 0 Å². The van der Waals surface area contributed by atoms with Crippen molar-refractivity contribution in [3.63, 3.8) is 0 Å². The van der Waals surface area contributed by atoms with Crippen LogP contribution < -0.4 is 10.6 Å². The molecule has 0 fully saturated rings. The number of phenols is 1. The van der Waals surface area contributed by atoms with Gasteiger partial charge in [-0.25, -0.2) is 0 Å². The number of aromatic nitrogens is 1. The van der Waals surface area contributed by atoms with E-state index in [-0.39, 0.29) is 24.1 Å². The summed E-state index contributed by atoms with van der Waals surface area (Å²) < 4.78 is 0. The monoisotopic (exact) mass is 552 g/mol. The molecule has 2 amide bonds. The molecule has 0 radical (unpaired) electrons. The number of hydrogen-bond acceptors (Lipinski definition) is 6. The summed E-state index contributed by atoms with van der Waals surface area (Å²) in [6.07, 6.45) is 1.21. The lowest BCUT2D eigenvalue weighted by molar-refractivity contribution is 0.0783. The highest BCUT2D eigenvalue weighted by atomic mass is 16.3. The largest absolute Gasteiger partial charge is 0.508 e. The van der Waals surface area contributed by atoms with Crippen molar-refractivity contribution in [2.75, 3.05) is 13.6 Å². The van der Waals surface area contributed by atoms with Crippen LogP contribution in [0, 0.1) is 6.92 Å². The lowest BCUT2D eigenvalue weighted by atomic mass is 9.99. The summed E-state index contributed by atoms with van der Waals surface area (Å²) in [7, 11) is 1.70. The number of nitrogens with one attached hydrogen (secondary N) is 2. The number of aromatic hydroxyl groups is 1. The van der Waals surface area contributed by atoms with Crippen molar-refractivity contribution in [3.05, 3.63) is 131 Å². The normalized spacial score (nSPS) is 12.4. The first-order chi connectivity index (χ1) is 19.8. The first-order valence-corrected chi connectivity index (χ1v) is 13.6. The molecule has 2 atom stereocenters. The van der Waals surface area contributed by atoms with E-state index < -0.39 is 12.1 Å². The van der Waals surface area contributed by atoms with Gasteiger partial charge in [-0.05, 0) is 72.5 Å². The Balaban J connectivity index is 1.46. The van der Waals surface area contributed by atoms with Crippen molar-refractivity contribution in [2.24, 2.45) is 0 Å². The molecule has 0 aliphatic carbocycles. The fraction of sp³-hybridized carbons (Fsp3) is 0.242. The quantitative estimate of drug-likeness (QED) is 0.212. The zero-order chi connectivity index (χ0) is 29.2. The number of aliphatic hydroxyl groups is 1. The van der Waals surface area contributed by atoms with Crippen LogP contribution in [0.3, 0.4) is 0 Å². The standard InChI is InChI=1S/C33H36N4O4/c1-23-15-26(19-27(16-23)33(41)37(2)22-28-12-6-7-14-35-28)32(40)36-30(18-24-9-4-3-5-10-24)31(39)21-34-20-25-11-8-13-29(38)17-25/h3-17,19,30-31,34,38-39H,18,20-22H2,1-2H3,(H,36,40)/t30-,31+/m0/s1. The summed E-state index contributed by atoms with van der Waals surface area (Å²) in [5.41, 5.74) is 4.15. The maximum Gasteiger partial charge on any atom is 0.253 e. The number of amides is 2. The maximum absolute atomic E-state index is 13.5. The van der Waals surface area contributed by atoms with E-state index in [1.165, 1.54) is 0 Å². The topological polar surface area (TPSA) is 115 Å². The van der Waals surface area contributed by atoms with Crippen molar-refractivity contribution in [2.45, 2.75) is 38.6 Å². The molecular weight excluding hydrogens is 516 g/mol. The van der Waals surface area contributed by atoms with E-state index in [0.29, 0.717) is 30.6 Å². The third-order valence-electron chi connectivity index (χ3n) is 6.73. The Morgan fingerprint density at radius 2 is 1.63 bits per heavy atom. The van der Waals surface area contributed by atoms with Gasteiger partial charge in [-0.2, -0.15) is 0 Å². The van der Waals surface area contributed by atoms with Crippen molar-refractivity contribution in [1.82, 2.24) is 20.5 Å². The molecule has 0 spiro atoms. The first kappa shape index (κ1) is 29.5. The van der Waals surface area contributed by atoms with E-state index in [2.05, 4.69) is 15.6 Å². The second kappa shape index (κ2) is 14.2. The van der Waals surface area contributed by atoms with Crippen LogP contribution in [0.1, 0.15) is 43.1 Å². The number of carbonyl (C=O) groups excluding carboxylic acids is 2. The Kier molecular flexibility index (Phi) is 10.2. The molecule has 0 saturated carbocycles. The Hall–Kier alpha value is -4.53. The average molecular weight is 553 g/mol. The molecule has 4 aromatic rings. The molecule has 3 aromatic carbocycles. The van der Waals surface area contributed by atoms with Crippen LogP contribution in [0.4, 0.5) is 0 Å². The third kappa shape index (κ3) is 8.73. The number of aliphatic hydroxyl groups excluding tert-OH is 1. The highest BCUT2D eigenvalue weighted by molar-refractivity contribution is 6.00. The molecule has 1 heterocycles. The van der Waals surface area contributed by atoms with Gasteiger partial charge in [0.25, 0.3) is 11.8 Å². The predicted octanol–water partition coefficient (Wildman–Crippen LogP) is 3.86. The Bertz CT molecular complexity index is 1450. The molecule has 0 aliphatic heterocycles. The van der Waals surface area contributed by atoms with E-state index in [4.69, 9.17) is 0 Å². The first-order valence-electron chi connectivity index (χ1n) is 13.6. The van der Waals surface area contributed by atoms with Gasteiger partial charge in [0.2, 0.25) is 0 Å². The summed E-state index contributed by atoms with van der Waals surface area (Å²) in [6, 6.07) is 26.6. The van der Waals surface area contributed by atoms with Gasteiger partial charge >= 0.3 is 0 Å². The van der Waals surface area contributed by atoms with Crippen LogP contribution in [0.2, 0.25) is 0 Å². The lowest BCUT2D eigenvalue weighted by Gasteiger charge is -2.25. The predicted molar refractivity (Wildman–Crippen MR) is 158 cm³/mol. The average Bonchev–Trinajstić information content (AvgIpc) is 2.97. The summed E-state index contributed by atoms with van der Waals surface area (Å²) in [5, 5.41) is 27.0. The van der Waals surface area contributed by atoms with Crippen molar-refractivity contribution in [1.29, 1.82) is 0 Å². The molecule has 0 unspecified atom stereocenters. The minimum atomic E-state index is -0.896. The van der Waals surface area contributed by atoms with Crippen LogP contribution in [-0.4, -0.2) is 57.6 Å². The molecular formula is C33H36N4O4. The Morgan fingerprint density at radius 3 is 2.37 bits per heavy atom. The van der Waals surface area contributed by atoms with Gasteiger partial charge in [-0.1, -0.05) is 48.5 Å². The number of benzene rings is 3. The number of phenolic OH excluding ortho intramolecular Hbond substituents is 1. The molecule has 8 heteroatoms. The van der Waals surface area contributed by atoms with E-state index >= 15 is 0 Å². The highest BCUT2D eigenvalue weighted by Crippen LogP contribution is 2.15. The number of pyridine rings is 1. The number of aryl methyl sites for hydroxylation is 1. The van der Waals surface area contributed by atoms with Crippen LogP contribution in [0.5, 0.6) is 5.75 Å². The van der Waals surface area contributed by atoms with Gasteiger partial charge in [0.05, 0.1) is 24.4 Å². The minimum absolute atomic E-state index is 0.179. The molecule has 212 valence electrons. The summed E-state index contributed by atoms with van der Waals surface area (Å²) in [6.45, 7) is 2.86. The lowest BCUT2D eigenvalue weighted by Crippen LogP contribution is -2.48. The highest BCUT2D eigenvalue weighted by Gasteiger charge is 2.23. The zero-order valence-corrected chi connectivity index (χ0v) is 23.3. The molecule has 1 aromatic heterocycles. The third-order valence-corrected chi connectivity index (χ3v) is 6.73.